The third kappa shape index (κ3) is 2.64. The second kappa shape index (κ2) is 6.23. The van der Waals surface area contributed by atoms with Crippen LogP contribution in [0.25, 0.3) is 0 Å². The fourth-order valence-corrected chi connectivity index (χ4v) is 2.57. The van der Waals surface area contributed by atoms with Crippen molar-refractivity contribution in [3.8, 4) is 0 Å². The molecule has 1 aliphatic heterocycles. The molecule has 1 atom stereocenters. The molecule has 0 saturated carbocycles. The van der Waals surface area contributed by atoms with Crippen molar-refractivity contribution in [3.63, 3.8) is 0 Å². The highest BCUT2D eigenvalue weighted by Crippen LogP contribution is 2.30. The van der Waals surface area contributed by atoms with Gasteiger partial charge in [-0.15, -0.1) is 0 Å². The number of nitrogens with one attached hydrogen (secondary N) is 1. The Morgan fingerprint density at radius 1 is 1.60 bits per heavy atom. The van der Waals surface area contributed by atoms with Crippen LogP contribution in [0.5, 0.6) is 0 Å². The number of rotatable bonds is 4. The molecule has 1 aromatic carbocycles. The zero-order valence-corrected chi connectivity index (χ0v) is 12.5. The highest BCUT2D eigenvalue weighted by atomic mass is 79.9. The number of aliphatic hydroxyl groups is 1. The van der Waals surface area contributed by atoms with E-state index in [1.54, 1.807) is 19.1 Å². The van der Waals surface area contributed by atoms with Gasteiger partial charge in [-0.1, -0.05) is 6.07 Å². The van der Waals surface area contributed by atoms with E-state index in [2.05, 4.69) is 21.2 Å². The Morgan fingerprint density at radius 2 is 2.35 bits per heavy atom. The molecule has 1 aliphatic rings. The summed E-state index contributed by atoms with van der Waals surface area (Å²) < 4.78 is 5.66. The first-order valence-corrected chi connectivity index (χ1v) is 7.00. The van der Waals surface area contributed by atoms with Crippen molar-refractivity contribution >= 4 is 33.5 Å². The summed E-state index contributed by atoms with van der Waals surface area (Å²) in [4.78, 5) is 25.5. The molecule has 7 heteroatoms. The zero-order chi connectivity index (χ0) is 14.7. The zero-order valence-electron chi connectivity index (χ0n) is 10.9. The van der Waals surface area contributed by atoms with E-state index in [0.29, 0.717) is 11.3 Å². The van der Waals surface area contributed by atoms with Crippen LogP contribution in [0, 0.1) is 0 Å². The van der Waals surface area contributed by atoms with Crippen molar-refractivity contribution in [2.75, 3.05) is 25.2 Å². The van der Waals surface area contributed by atoms with E-state index in [1.807, 2.05) is 6.07 Å². The number of amides is 1. The van der Waals surface area contributed by atoms with Crippen LogP contribution < -0.4 is 5.32 Å². The molecule has 2 N–H and O–H groups in total. The lowest BCUT2D eigenvalue weighted by atomic mass is 10.1. The summed E-state index contributed by atoms with van der Waals surface area (Å²) in [6.07, 6.45) is 0. The van der Waals surface area contributed by atoms with Gasteiger partial charge in [0.15, 0.2) is 6.04 Å². The molecule has 20 heavy (non-hydrogen) atoms. The maximum Gasteiger partial charge on any atom is 0.331 e. The van der Waals surface area contributed by atoms with Gasteiger partial charge >= 0.3 is 5.97 Å². The Bertz CT molecular complexity index is 535. The first kappa shape index (κ1) is 14.8. The molecule has 0 spiro atoms. The second-order valence-electron chi connectivity index (χ2n) is 4.22. The molecule has 108 valence electrons. The first-order chi connectivity index (χ1) is 9.60. The summed E-state index contributed by atoms with van der Waals surface area (Å²) in [5.74, 6) is -0.921. The first-order valence-electron chi connectivity index (χ1n) is 6.21. The van der Waals surface area contributed by atoms with E-state index >= 15 is 0 Å². The van der Waals surface area contributed by atoms with Gasteiger partial charge in [0, 0.05) is 4.47 Å². The molecular weight excluding hydrogens is 328 g/mol. The van der Waals surface area contributed by atoms with Crippen LogP contribution in [0.1, 0.15) is 17.3 Å². The predicted octanol–water partition coefficient (Wildman–Crippen LogP) is 1.20. The number of nitrogens with zero attached hydrogens (tertiary/aromatic N) is 1. The van der Waals surface area contributed by atoms with Gasteiger partial charge in [-0.05, 0) is 35.0 Å². The fraction of sp³-hybridized carbons (Fsp3) is 0.385. The summed E-state index contributed by atoms with van der Waals surface area (Å²) >= 11 is 3.36. The molecule has 0 radical (unpaired) electrons. The number of esters is 1. The molecule has 2 rings (SSSR count). The third-order valence-electron chi connectivity index (χ3n) is 3.04. The van der Waals surface area contributed by atoms with Crippen molar-refractivity contribution in [2.24, 2.45) is 0 Å². The molecule has 0 aromatic heterocycles. The van der Waals surface area contributed by atoms with Crippen molar-refractivity contribution in [1.82, 2.24) is 4.90 Å². The van der Waals surface area contributed by atoms with E-state index < -0.39 is 18.6 Å². The number of aliphatic hydroxyl groups excluding tert-OH is 1. The molecule has 0 bridgehead atoms. The Kier molecular flexibility index (Phi) is 4.61. The van der Waals surface area contributed by atoms with Crippen molar-refractivity contribution in [1.29, 1.82) is 0 Å². The van der Waals surface area contributed by atoms with E-state index in [9.17, 15) is 14.7 Å². The maximum atomic E-state index is 12.4. The lowest BCUT2D eigenvalue weighted by Gasteiger charge is -2.34. The predicted molar refractivity (Wildman–Crippen MR) is 76.3 cm³/mol. The number of ether oxygens (including phenoxy) is 1. The molecule has 0 saturated heterocycles. The highest BCUT2D eigenvalue weighted by molar-refractivity contribution is 9.10. The van der Waals surface area contributed by atoms with Crippen molar-refractivity contribution < 1.29 is 19.4 Å². The quantitative estimate of drug-likeness (QED) is 0.804. The number of fused-ring (bicyclic) bond motifs is 1. The Morgan fingerprint density at radius 3 is 3.00 bits per heavy atom. The molecule has 1 heterocycles. The monoisotopic (exact) mass is 342 g/mol. The van der Waals surface area contributed by atoms with Crippen LogP contribution in [-0.2, 0) is 9.53 Å². The molecular formula is C13H15BrN2O4. The number of anilines is 1. The lowest BCUT2D eigenvalue weighted by Crippen LogP contribution is -2.52. The van der Waals surface area contributed by atoms with E-state index in [4.69, 9.17) is 4.74 Å². The number of halogens is 1. The molecule has 0 unspecified atom stereocenters. The van der Waals surface area contributed by atoms with Gasteiger partial charge in [0.05, 0.1) is 31.1 Å². The van der Waals surface area contributed by atoms with Gasteiger partial charge in [0.2, 0.25) is 0 Å². The minimum absolute atomic E-state index is 0.137. The number of hydrogen-bond acceptors (Lipinski definition) is 5. The van der Waals surface area contributed by atoms with Crippen LogP contribution >= 0.6 is 15.9 Å². The van der Waals surface area contributed by atoms with E-state index in [1.165, 1.54) is 4.90 Å². The summed E-state index contributed by atoms with van der Waals surface area (Å²) in [6, 6.07) is 4.23. The Hall–Kier alpha value is -1.60. The molecule has 1 amide bonds. The van der Waals surface area contributed by atoms with Crippen molar-refractivity contribution in [2.45, 2.75) is 13.0 Å². The Labute approximate surface area is 124 Å². The van der Waals surface area contributed by atoms with Crippen molar-refractivity contribution in [3.05, 3.63) is 28.2 Å². The smallest absolute Gasteiger partial charge is 0.331 e. The summed E-state index contributed by atoms with van der Waals surface area (Å²) in [7, 11) is 0. The normalized spacial score (nSPS) is 15.3. The minimum atomic E-state index is -0.998. The summed E-state index contributed by atoms with van der Waals surface area (Å²) in [6.45, 7) is 1.54. The molecule has 0 aliphatic carbocycles. The highest BCUT2D eigenvalue weighted by Gasteiger charge is 2.35. The topological polar surface area (TPSA) is 78.9 Å². The number of hydrogen-bond donors (Lipinski definition) is 2. The number of benzene rings is 1. The number of carbonyl (C=O) groups is 2. The summed E-state index contributed by atoms with van der Waals surface area (Å²) in [5, 5.41) is 12.4. The maximum absolute atomic E-state index is 12.4. The number of para-hydroxylation sites is 1. The van der Waals surface area contributed by atoms with Gasteiger partial charge < -0.3 is 20.1 Å². The van der Waals surface area contributed by atoms with Crippen LogP contribution in [0.15, 0.2) is 22.7 Å². The van der Waals surface area contributed by atoms with Gasteiger partial charge in [0.1, 0.15) is 0 Å². The minimum Gasteiger partial charge on any atom is -0.464 e. The fourth-order valence-electron chi connectivity index (χ4n) is 2.06. The standard InChI is InChI=1S/C13H15BrN2O4/c1-2-20-13(19)10(6-17)16-7-15-11-8(12(16)18)4-3-5-9(11)14/h3-5,10,15,17H,2,6-7H2,1H3/t10-/m0/s1. The van der Waals surface area contributed by atoms with Crippen LogP contribution in [0.4, 0.5) is 5.69 Å². The molecule has 0 fully saturated rings. The van der Waals surface area contributed by atoms with E-state index in [0.717, 1.165) is 4.47 Å². The average Bonchev–Trinajstić information content (AvgIpc) is 2.43. The summed E-state index contributed by atoms with van der Waals surface area (Å²) in [5.41, 5.74) is 1.14. The molecule has 6 nitrogen and oxygen atoms in total. The van der Waals surface area contributed by atoms with Crippen LogP contribution in [0.2, 0.25) is 0 Å². The van der Waals surface area contributed by atoms with Gasteiger partial charge in [-0.3, -0.25) is 4.79 Å². The van der Waals surface area contributed by atoms with Crippen LogP contribution in [0.3, 0.4) is 0 Å². The average molecular weight is 343 g/mol. The third-order valence-corrected chi connectivity index (χ3v) is 3.70. The van der Waals surface area contributed by atoms with E-state index in [-0.39, 0.29) is 19.2 Å². The Balaban J connectivity index is 2.28. The second-order valence-corrected chi connectivity index (χ2v) is 5.08. The largest absolute Gasteiger partial charge is 0.464 e. The number of carbonyl (C=O) groups excluding carboxylic acids is 2. The molecule has 1 aromatic rings. The van der Waals surface area contributed by atoms with Gasteiger partial charge in [0.25, 0.3) is 5.91 Å². The lowest BCUT2D eigenvalue weighted by molar-refractivity contribution is -0.150. The van der Waals surface area contributed by atoms with Gasteiger partial charge in [-0.25, -0.2) is 4.79 Å². The van der Waals surface area contributed by atoms with Crippen LogP contribution in [-0.4, -0.2) is 47.8 Å². The van der Waals surface area contributed by atoms with Gasteiger partial charge in [-0.2, -0.15) is 0 Å². The SMILES string of the molecule is CCOC(=O)[C@H](CO)N1CNc2c(Br)cccc2C1=O.